The Hall–Kier alpha value is -3.39. The van der Waals surface area contributed by atoms with E-state index in [4.69, 9.17) is 14.2 Å². The number of thiazole rings is 1. The third kappa shape index (κ3) is 4.60. The third-order valence-corrected chi connectivity index (χ3v) is 5.08. The van der Waals surface area contributed by atoms with Gasteiger partial charge in [-0.15, -0.1) is 17.9 Å². The van der Waals surface area contributed by atoms with E-state index < -0.39 is 0 Å². The lowest BCUT2D eigenvalue weighted by molar-refractivity contribution is 0.349. The predicted octanol–water partition coefficient (Wildman–Crippen LogP) is 4.35. The van der Waals surface area contributed by atoms with E-state index in [-0.39, 0.29) is 5.82 Å². The molecule has 0 fully saturated rings. The molecule has 30 heavy (non-hydrogen) atoms. The summed E-state index contributed by atoms with van der Waals surface area (Å²) in [6.45, 7) is 4.17. The van der Waals surface area contributed by atoms with Crippen LogP contribution in [0.5, 0.6) is 17.2 Å². The van der Waals surface area contributed by atoms with Crippen molar-refractivity contribution >= 4 is 17.6 Å². The molecule has 2 aromatic carbocycles. The number of hydrogen-bond acceptors (Lipinski definition) is 6. The summed E-state index contributed by atoms with van der Waals surface area (Å²) in [6, 6.07) is 9.77. The van der Waals surface area contributed by atoms with Gasteiger partial charge in [-0.3, -0.25) is 4.99 Å². The molecule has 0 amide bonds. The van der Waals surface area contributed by atoms with E-state index in [9.17, 15) is 4.39 Å². The highest BCUT2D eigenvalue weighted by atomic mass is 32.1. The molecule has 0 radical (unpaired) electrons. The van der Waals surface area contributed by atoms with Crippen molar-refractivity contribution in [2.24, 2.45) is 10.1 Å². The summed E-state index contributed by atoms with van der Waals surface area (Å²) in [5.74, 6) is 1.41. The van der Waals surface area contributed by atoms with Crippen LogP contribution in [-0.4, -0.2) is 38.8 Å². The first-order valence-corrected chi connectivity index (χ1v) is 9.91. The van der Waals surface area contributed by atoms with Gasteiger partial charge in [-0.25, -0.2) is 9.07 Å². The zero-order chi connectivity index (χ0) is 21.5. The van der Waals surface area contributed by atoms with Gasteiger partial charge in [0.25, 0.3) is 0 Å². The highest BCUT2D eigenvalue weighted by Gasteiger charge is 2.12. The minimum absolute atomic E-state index is 0.296. The maximum Gasteiger partial charge on any atom is 0.206 e. The third-order valence-electron chi connectivity index (χ3n) is 4.23. The van der Waals surface area contributed by atoms with E-state index in [0.717, 1.165) is 11.3 Å². The van der Waals surface area contributed by atoms with Crippen LogP contribution >= 0.6 is 11.3 Å². The van der Waals surface area contributed by atoms with Gasteiger partial charge in [-0.2, -0.15) is 5.10 Å². The standard InChI is InChI=1S/C22H22FN3O3S/c1-5-10-24-22-26(18(14-30-22)15-6-8-17(23)9-7-15)25-13-16-11-20(28-3)21(29-4)12-19(16)27-2/h5-9,11-14H,1,10H2,2-4H3. The van der Waals surface area contributed by atoms with Gasteiger partial charge in [0.1, 0.15) is 11.6 Å². The minimum Gasteiger partial charge on any atom is -0.496 e. The average Bonchev–Trinajstić information content (AvgIpc) is 3.18. The van der Waals surface area contributed by atoms with E-state index >= 15 is 0 Å². The zero-order valence-electron chi connectivity index (χ0n) is 17.0. The SMILES string of the molecule is C=CCN=c1scc(-c2ccc(F)cc2)n1N=Cc1cc(OC)c(OC)cc1OC. The molecule has 0 N–H and O–H groups in total. The number of methoxy groups -OCH3 is 3. The molecular formula is C22H22FN3O3S. The Bertz CT molecular complexity index is 1120. The molecule has 0 aliphatic heterocycles. The van der Waals surface area contributed by atoms with Crippen LogP contribution in [0.1, 0.15) is 5.56 Å². The first-order chi connectivity index (χ1) is 14.6. The Morgan fingerprint density at radius 2 is 1.70 bits per heavy atom. The highest BCUT2D eigenvalue weighted by molar-refractivity contribution is 7.07. The van der Waals surface area contributed by atoms with E-state index in [1.165, 1.54) is 23.5 Å². The second kappa shape index (κ2) is 9.89. The molecule has 0 aliphatic rings. The Morgan fingerprint density at radius 1 is 1.03 bits per heavy atom. The van der Waals surface area contributed by atoms with Crippen molar-refractivity contribution in [3.63, 3.8) is 0 Å². The first-order valence-electron chi connectivity index (χ1n) is 9.03. The number of nitrogens with zero attached hydrogens (tertiary/aromatic N) is 3. The maximum absolute atomic E-state index is 13.4. The summed E-state index contributed by atoms with van der Waals surface area (Å²) in [7, 11) is 4.71. The lowest BCUT2D eigenvalue weighted by Gasteiger charge is -2.12. The van der Waals surface area contributed by atoms with Gasteiger partial charge in [0, 0.05) is 22.6 Å². The van der Waals surface area contributed by atoms with Crippen LogP contribution in [-0.2, 0) is 0 Å². The average molecular weight is 428 g/mol. The van der Waals surface area contributed by atoms with Gasteiger partial charge in [0.05, 0.1) is 39.8 Å². The Labute approximate surface area is 178 Å². The number of hydrogen-bond donors (Lipinski definition) is 0. The van der Waals surface area contributed by atoms with Gasteiger partial charge >= 0.3 is 0 Å². The molecule has 3 rings (SSSR count). The molecule has 0 saturated carbocycles. The Balaban J connectivity index is 2.11. The molecule has 1 heterocycles. The largest absolute Gasteiger partial charge is 0.496 e. The second-order valence-electron chi connectivity index (χ2n) is 6.05. The maximum atomic E-state index is 13.4. The van der Waals surface area contributed by atoms with Gasteiger partial charge < -0.3 is 14.2 Å². The van der Waals surface area contributed by atoms with Crippen molar-refractivity contribution in [3.05, 3.63) is 70.6 Å². The van der Waals surface area contributed by atoms with Crippen LogP contribution in [0.15, 0.2) is 64.5 Å². The van der Waals surface area contributed by atoms with Gasteiger partial charge in [-0.05, 0) is 30.3 Å². The summed E-state index contributed by atoms with van der Waals surface area (Å²) >= 11 is 1.44. The van der Waals surface area contributed by atoms with Crippen molar-refractivity contribution in [1.82, 2.24) is 4.68 Å². The summed E-state index contributed by atoms with van der Waals surface area (Å²) in [5.41, 5.74) is 2.32. The van der Waals surface area contributed by atoms with Crippen LogP contribution in [0, 0.1) is 5.82 Å². The van der Waals surface area contributed by atoms with Gasteiger partial charge in [0.2, 0.25) is 4.80 Å². The summed E-state index contributed by atoms with van der Waals surface area (Å²) in [5, 5.41) is 6.56. The molecule has 6 nitrogen and oxygen atoms in total. The van der Waals surface area contributed by atoms with Crippen LogP contribution in [0.2, 0.25) is 0 Å². The van der Waals surface area contributed by atoms with Crippen LogP contribution < -0.4 is 19.0 Å². The zero-order valence-corrected chi connectivity index (χ0v) is 17.8. The van der Waals surface area contributed by atoms with Crippen LogP contribution in [0.4, 0.5) is 4.39 Å². The van der Waals surface area contributed by atoms with Gasteiger partial charge in [0.15, 0.2) is 11.5 Å². The van der Waals surface area contributed by atoms with Crippen molar-refractivity contribution < 1.29 is 18.6 Å². The fraction of sp³-hybridized carbons (Fsp3) is 0.182. The Kier molecular flexibility index (Phi) is 7.03. The van der Waals surface area contributed by atoms with Crippen molar-refractivity contribution in [2.75, 3.05) is 27.9 Å². The quantitative estimate of drug-likeness (QED) is 0.397. The van der Waals surface area contributed by atoms with Crippen LogP contribution in [0.25, 0.3) is 11.3 Å². The molecular weight excluding hydrogens is 405 g/mol. The molecule has 0 bridgehead atoms. The normalized spacial score (nSPS) is 11.7. The molecule has 0 aliphatic carbocycles. The molecule has 0 atom stereocenters. The monoisotopic (exact) mass is 427 g/mol. The number of aromatic nitrogens is 1. The predicted molar refractivity (Wildman–Crippen MR) is 117 cm³/mol. The van der Waals surface area contributed by atoms with E-state index in [1.54, 1.807) is 62.6 Å². The molecule has 0 unspecified atom stereocenters. The summed E-state index contributed by atoms with van der Waals surface area (Å²) < 4.78 is 31.2. The van der Waals surface area contributed by atoms with Crippen molar-refractivity contribution in [3.8, 4) is 28.5 Å². The topological polar surface area (TPSA) is 57.3 Å². The first kappa shape index (κ1) is 21.3. The van der Waals surface area contributed by atoms with E-state index in [2.05, 4.69) is 16.7 Å². The molecule has 0 spiro atoms. The fourth-order valence-corrected chi connectivity index (χ4v) is 3.60. The van der Waals surface area contributed by atoms with E-state index in [1.807, 2.05) is 5.38 Å². The lowest BCUT2D eigenvalue weighted by atomic mass is 10.2. The van der Waals surface area contributed by atoms with Crippen molar-refractivity contribution in [2.45, 2.75) is 0 Å². The highest BCUT2D eigenvalue weighted by Crippen LogP contribution is 2.33. The number of benzene rings is 2. The van der Waals surface area contributed by atoms with Gasteiger partial charge in [-0.1, -0.05) is 6.08 Å². The van der Waals surface area contributed by atoms with Crippen molar-refractivity contribution in [1.29, 1.82) is 0 Å². The number of ether oxygens (including phenoxy) is 3. The molecule has 156 valence electrons. The molecule has 8 heteroatoms. The smallest absolute Gasteiger partial charge is 0.206 e. The van der Waals surface area contributed by atoms with Crippen LogP contribution in [0.3, 0.4) is 0 Å². The molecule has 3 aromatic rings. The number of rotatable bonds is 8. The fourth-order valence-electron chi connectivity index (χ4n) is 2.75. The summed E-state index contributed by atoms with van der Waals surface area (Å²) in [4.78, 5) is 5.19. The van der Waals surface area contributed by atoms with E-state index in [0.29, 0.717) is 34.2 Å². The number of halogens is 1. The minimum atomic E-state index is -0.296. The molecule has 0 saturated heterocycles. The second-order valence-corrected chi connectivity index (χ2v) is 6.88. The Morgan fingerprint density at radius 3 is 2.33 bits per heavy atom. The summed E-state index contributed by atoms with van der Waals surface area (Å²) in [6.07, 6.45) is 3.37. The lowest BCUT2D eigenvalue weighted by Crippen LogP contribution is -2.12. The molecule has 1 aromatic heterocycles.